The molecule has 6 nitrogen and oxygen atoms in total. The molecule has 0 spiro atoms. The maximum Gasteiger partial charge on any atom is 0.183 e. The second-order valence-electron chi connectivity index (χ2n) is 3.96. The van der Waals surface area contributed by atoms with Crippen LogP contribution in [0, 0.1) is 5.82 Å². The lowest BCUT2D eigenvalue weighted by Gasteiger charge is -2.03. The number of hydrogen-bond donors (Lipinski definition) is 2. The van der Waals surface area contributed by atoms with E-state index in [2.05, 4.69) is 20.3 Å². The Balaban J connectivity index is 2.24. The van der Waals surface area contributed by atoms with Gasteiger partial charge in [0.15, 0.2) is 23.1 Å². The van der Waals surface area contributed by atoms with E-state index in [9.17, 15) is 4.39 Å². The van der Waals surface area contributed by atoms with Crippen molar-refractivity contribution in [2.24, 2.45) is 0 Å². The van der Waals surface area contributed by atoms with Gasteiger partial charge in [-0.3, -0.25) is 4.68 Å². The number of hydrogen-bond acceptors (Lipinski definition) is 5. The van der Waals surface area contributed by atoms with E-state index >= 15 is 0 Å². The third-order valence-electron chi connectivity index (χ3n) is 2.81. The van der Waals surface area contributed by atoms with Crippen molar-refractivity contribution in [2.45, 2.75) is 0 Å². The summed E-state index contributed by atoms with van der Waals surface area (Å²) in [6, 6.07) is 3.67. The van der Waals surface area contributed by atoms with Crippen LogP contribution in [0.5, 0.6) is 0 Å². The lowest BCUT2D eigenvalue weighted by atomic mass is 10.2. The molecular formula is C12H11FN6. The van der Waals surface area contributed by atoms with Crippen LogP contribution in [0.1, 0.15) is 0 Å². The van der Waals surface area contributed by atoms with E-state index in [-0.39, 0.29) is 5.82 Å². The van der Waals surface area contributed by atoms with Crippen LogP contribution >= 0.6 is 0 Å². The summed E-state index contributed by atoms with van der Waals surface area (Å²) in [5.41, 5.74) is 1.33. The first-order chi connectivity index (χ1) is 9.20. The molecule has 0 aliphatic heterocycles. The number of nitrogens with two attached hydrogens (primary N) is 1. The van der Waals surface area contributed by atoms with Crippen molar-refractivity contribution >= 4 is 16.9 Å². The molecule has 7 heteroatoms. The van der Waals surface area contributed by atoms with Gasteiger partial charge in [0.05, 0.1) is 6.20 Å². The maximum atomic E-state index is 13.4. The number of fused-ring (bicyclic) bond motifs is 1. The van der Waals surface area contributed by atoms with Crippen molar-refractivity contribution in [3.8, 4) is 11.4 Å². The van der Waals surface area contributed by atoms with Crippen LogP contribution in [0.3, 0.4) is 0 Å². The molecule has 0 aliphatic rings. The van der Waals surface area contributed by atoms with Crippen LogP contribution in [-0.4, -0.2) is 26.7 Å². The molecule has 0 aromatic carbocycles. The second-order valence-corrected chi connectivity index (χ2v) is 3.96. The van der Waals surface area contributed by atoms with E-state index in [4.69, 9.17) is 5.84 Å². The Morgan fingerprint density at radius 1 is 1.37 bits per heavy atom. The average Bonchev–Trinajstić information content (AvgIpc) is 2.77. The van der Waals surface area contributed by atoms with Crippen molar-refractivity contribution in [3.63, 3.8) is 0 Å². The zero-order valence-corrected chi connectivity index (χ0v) is 10.1. The highest BCUT2D eigenvalue weighted by atomic mass is 19.1. The second kappa shape index (κ2) is 4.20. The topological polar surface area (TPSA) is 81.7 Å². The number of halogens is 1. The normalized spacial score (nSPS) is 10.8. The minimum Gasteiger partial charge on any atom is -0.371 e. The highest BCUT2D eigenvalue weighted by Gasteiger charge is 2.14. The van der Waals surface area contributed by atoms with E-state index in [0.29, 0.717) is 17.0 Å². The third kappa shape index (κ3) is 1.75. The van der Waals surface area contributed by atoms with E-state index in [1.807, 2.05) is 6.07 Å². The zero-order valence-electron chi connectivity index (χ0n) is 10.1. The molecule has 3 aromatic rings. The minimum absolute atomic E-state index is 0.145. The largest absolute Gasteiger partial charge is 0.371 e. The van der Waals surface area contributed by atoms with Gasteiger partial charge in [0.25, 0.3) is 0 Å². The molecule has 0 saturated heterocycles. The molecule has 0 atom stereocenters. The molecular weight excluding hydrogens is 247 g/mol. The summed E-state index contributed by atoms with van der Waals surface area (Å²) < 4.78 is 14.8. The number of aromatic nitrogens is 4. The highest BCUT2D eigenvalue weighted by molar-refractivity contribution is 5.92. The highest BCUT2D eigenvalue weighted by Crippen LogP contribution is 2.26. The summed E-state index contributed by atoms with van der Waals surface area (Å²) >= 11 is 0. The van der Waals surface area contributed by atoms with Gasteiger partial charge in [-0.05, 0) is 12.1 Å². The van der Waals surface area contributed by atoms with Crippen LogP contribution in [0.15, 0.2) is 30.7 Å². The Labute approximate surface area is 108 Å². The molecule has 0 fully saturated rings. The third-order valence-corrected chi connectivity index (χ3v) is 2.81. The van der Waals surface area contributed by atoms with Gasteiger partial charge in [0, 0.05) is 30.4 Å². The molecule has 3 N–H and O–H groups in total. The van der Waals surface area contributed by atoms with Gasteiger partial charge in [0.1, 0.15) is 0 Å². The van der Waals surface area contributed by atoms with Gasteiger partial charge in [-0.25, -0.2) is 19.3 Å². The van der Waals surface area contributed by atoms with Crippen molar-refractivity contribution in [3.05, 3.63) is 36.5 Å². The molecule has 0 amide bonds. The summed E-state index contributed by atoms with van der Waals surface area (Å²) in [4.78, 5) is 12.3. The number of nitrogens with zero attached hydrogens (tertiary/aromatic N) is 4. The Hall–Kier alpha value is -2.70. The minimum atomic E-state index is -0.499. The molecule has 0 radical (unpaired) electrons. The van der Waals surface area contributed by atoms with Crippen LogP contribution < -0.4 is 11.2 Å². The van der Waals surface area contributed by atoms with Gasteiger partial charge >= 0.3 is 0 Å². The first-order valence-corrected chi connectivity index (χ1v) is 5.62. The number of pyridine rings is 1. The Morgan fingerprint density at radius 2 is 2.21 bits per heavy atom. The predicted molar refractivity (Wildman–Crippen MR) is 70.4 cm³/mol. The molecule has 96 valence electrons. The average molecular weight is 258 g/mol. The van der Waals surface area contributed by atoms with Gasteiger partial charge < -0.3 is 11.2 Å². The fourth-order valence-corrected chi connectivity index (χ4v) is 1.93. The SMILES string of the molecule is CNc1nc(-c2cn(N)c3ncccc23)ncc1F. The summed E-state index contributed by atoms with van der Waals surface area (Å²) in [5, 5.41) is 3.50. The number of rotatable bonds is 2. The quantitative estimate of drug-likeness (QED) is 0.679. The summed E-state index contributed by atoms with van der Waals surface area (Å²) in [6.45, 7) is 0. The lowest BCUT2D eigenvalue weighted by molar-refractivity contribution is 0.619. The van der Waals surface area contributed by atoms with Crippen LogP contribution in [0.2, 0.25) is 0 Å². The Morgan fingerprint density at radius 3 is 3.00 bits per heavy atom. The van der Waals surface area contributed by atoms with Crippen molar-refractivity contribution in [2.75, 3.05) is 18.2 Å². The van der Waals surface area contributed by atoms with Crippen molar-refractivity contribution < 1.29 is 4.39 Å². The molecule has 3 aromatic heterocycles. The molecule has 3 rings (SSSR count). The molecule has 0 saturated carbocycles. The summed E-state index contributed by atoms with van der Waals surface area (Å²) in [7, 11) is 1.60. The van der Waals surface area contributed by atoms with Gasteiger partial charge in [-0.2, -0.15) is 0 Å². The van der Waals surface area contributed by atoms with Crippen LogP contribution in [0.4, 0.5) is 10.2 Å². The first-order valence-electron chi connectivity index (χ1n) is 5.62. The lowest BCUT2D eigenvalue weighted by Crippen LogP contribution is -2.06. The number of nitrogen functional groups attached to an aromatic ring is 1. The van der Waals surface area contributed by atoms with E-state index in [0.717, 1.165) is 11.6 Å². The first kappa shape index (κ1) is 11.4. The monoisotopic (exact) mass is 258 g/mol. The van der Waals surface area contributed by atoms with Gasteiger partial charge in [0.2, 0.25) is 0 Å². The smallest absolute Gasteiger partial charge is 0.183 e. The molecule has 19 heavy (non-hydrogen) atoms. The predicted octanol–water partition coefficient (Wildman–Crippen LogP) is 1.39. The molecule has 0 bridgehead atoms. The fraction of sp³-hybridized carbons (Fsp3) is 0.0833. The summed E-state index contributed by atoms with van der Waals surface area (Å²) in [5.74, 6) is 5.87. The zero-order chi connectivity index (χ0) is 13.4. The molecule has 3 heterocycles. The van der Waals surface area contributed by atoms with E-state index < -0.39 is 5.82 Å². The van der Waals surface area contributed by atoms with Crippen LogP contribution in [-0.2, 0) is 0 Å². The van der Waals surface area contributed by atoms with E-state index in [1.165, 1.54) is 4.68 Å². The maximum absolute atomic E-state index is 13.4. The molecule has 0 unspecified atom stereocenters. The van der Waals surface area contributed by atoms with Crippen LogP contribution in [0.25, 0.3) is 22.4 Å². The fourth-order valence-electron chi connectivity index (χ4n) is 1.93. The van der Waals surface area contributed by atoms with Gasteiger partial charge in [-0.1, -0.05) is 0 Å². The van der Waals surface area contributed by atoms with Gasteiger partial charge in [-0.15, -0.1) is 0 Å². The Kier molecular flexibility index (Phi) is 2.52. The summed E-state index contributed by atoms with van der Waals surface area (Å²) in [6.07, 6.45) is 4.45. The van der Waals surface area contributed by atoms with E-state index in [1.54, 1.807) is 25.5 Å². The van der Waals surface area contributed by atoms with Crippen molar-refractivity contribution in [1.82, 2.24) is 19.6 Å². The standard InChI is InChI=1S/C12H11FN6/c1-15-11-9(13)5-17-10(18-11)8-6-19(14)12-7(8)3-2-4-16-12/h2-6H,14H2,1H3,(H,15,17,18). The number of nitrogens with one attached hydrogen (secondary N) is 1. The Bertz CT molecular complexity index is 751. The van der Waals surface area contributed by atoms with Crippen molar-refractivity contribution in [1.29, 1.82) is 0 Å². The molecule has 0 aliphatic carbocycles. The number of anilines is 1.